The lowest BCUT2D eigenvalue weighted by Crippen LogP contribution is -2.47. The fraction of sp³-hybridized carbons (Fsp3) is 0.231. The Bertz CT molecular complexity index is 2090. The van der Waals surface area contributed by atoms with Crippen molar-refractivity contribution in [3.05, 3.63) is 119 Å². The molecule has 0 aliphatic heterocycles. The van der Waals surface area contributed by atoms with E-state index in [1.807, 2.05) is 42.5 Å². The maximum Gasteiger partial charge on any atom is 0.304 e. The Hall–Kier alpha value is -5.81. The summed E-state index contributed by atoms with van der Waals surface area (Å²) in [6.45, 7) is 0. The van der Waals surface area contributed by atoms with Crippen LogP contribution in [0.15, 0.2) is 97.1 Å². The standard InChI is InChI=1S/C39H36ClN3O8/c40-28-13-14-30-26(18-28)20-33(41-30)39(51)43-32(19-25-11-6-10-24-9-4-5-12-29(24)25)35(45)21-27(22-37(48)49)38(50)42-31(15-16-36(46)47)34(44)17-23-7-2-1-3-8-23/h1-14,18,20,27,31-32,41H,15-17,19,21-22H2,(H,42,50)(H,43,51)(H,46,47)(H,48,49)/t27-,31-,32-/m0/s1. The van der Waals surface area contributed by atoms with Gasteiger partial charge in [0.15, 0.2) is 11.6 Å². The average Bonchev–Trinajstić information content (AvgIpc) is 3.53. The number of carboxylic acid groups (broad SMARTS) is 2. The number of benzene rings is 4. The van der Waals surface area contributed by atoms with E-state index in [0.29, 0.717) is 21.5 Å². The second-order valence-corrected chi connectivity index (χ2v) is 12.8. The van der Waals surface area contributed by atoms with Crippen LogP contribution in [0.5, 0.6) is 0 Å². The van der Waals surface area contributed by atoms with Crippen LogP contribution in [0.4, 0.5) is 0 Å². The van der Waals surface area contributed by atoms with Crippen molar-refractivity contribution in [3.63, 3.8) is 0 Å². The Kier molecular flexibility index (Phi) is 12.0. The number of ketones is 2. The molecule has 5 rings (SSSR count). The Morgan fingerprint density at radius 2 is 1.43 bits per heavy atom. The van der Waals surface area contributed by atoms with Gasteiger partial charge in [0.05, 0.1) is 24.4 Å². The third-order valence-electron chi connectivity index (χ3n) is 8.64. The fourth-order valence-electron chi connectivity index (χ4n) is 6.04. The van der Waals surface area contributed by atoms with Gasteiger partial charge in [-0.1, -0.05) is 84.4 Å². The number of carbonyl (C=O) groups is 6. The van der Waals surface area contributed by atoms with Crippen LogP contribution in [0.2, 0.25) is 5.02 Å². The minimum absolute atomic E-state index is 0.0379. The first kappa shape index (κ1) is 36.5. The number of aliphatic carboxylic acids is 2. The van der Waals surface area contributed by atoms with E-state index in [4.69, 9.17) is 11.6 Å². The number of nitrogens with one attached hydrogen (secondary N) is 3. The Morgan fingerprint density at radius 3 is 2.18 bits per heavy atom. The highest BCUT2D eigenvalue weighted by Crippen LogP contribution is 2.23. The van der Waals surface area contributed by atoms with E-state index in [1.54, 1.807) is 54.6 Å². The molecule has 5 N–H and O–H groups in total. The first-order chi connectivity index (χ1) is 24.5. The van der Waals surface area contributed by atoms with Crippen molar-refractivity contribution < 1.29 is 39.0 Å². The van der Waals surface area contributed by atoms with E-state index in [0.717, 1.165) is 16.3 Å². The Balaban J connectivity index is 1.40. The number of H-pyrrole nitrogens is 1. The molecule has 0 aliphatic rings. The second kappa shape index (κ2) is 16.7. The number of halogens is 1. The first-order valence-electron chi connectivity index (χ1n) is 16.4. The summed E-state index contributed by atoms with van der Waals surface area (Å²) in [6.07, 6.45) is -2.02. The van der Waals surface area contributed by atoms with E-state index in [2.05, 4.69) is 15.6 Å². The van der Waals surface area contributed by atoms with Crippen molar-refractivity contribution in [2.75, 3.05) is 0 Å². The van der Waals surface area contributed by atoms with Crippen molar-refractivity contribution in [1.82, 2.24) is 15.6 Å². The Labute approximate surface area is 298 Å². The smallest absolute Gasteiger partial charge is 0.304 e. The lowest BCUT2D eigenvalue weighted by atomic mass is 9.90. The molecule has 3 atom stereocenters. The normalized spacial score (nSPS) is 12.9. The highest BCUT2D eigenvalue weighted by Gasteiger charge is 2.32. The molecule has 12 heteroatoms. The molecule has 11 nitrogen and oxygen atoms in total. The third kappa shape index (κ3) is 9.89. The molecule has 1 aromatic heterocycles. The van der Waals surface area contributed by atoms with Gasteiger partial charge in [-0.2, -0.15) is 0 Å². The van der Waals surface area contributed by atoms with Gasteiger partial charge >= 0.3 is 11.9 Å². The van der Waals surface area contributed by atoms with Crippen LogP contribution in [-0.4, -0.2) is 62.6 Å². The predicted molar refractivity (Wildman–Crippen MR) is 192 cm³/mol. The number of rotatable bonds is 17. The molecule has 0 saturated carbocycles. The minimum Gasteiger partial charge on any atom is -0.481 e. The lowest BCUT2D eigenvalue weighted by Gasteiger charge is -2.23. The molecule has 0 bridgehead atoms. The zero-order valence-electron chi connectivity index (χ0n) is 27.4. The molecule has 0 saturated heterocycles. The van der Waals surface area contributed by atoms with Crippen molar-refractivity contribution in [2.24, 2.45) is 5.92 Å². The first-order valence-corrected chi connectivity index (χ1v) is 16.7. The number of aromatic nitrogens is 1. The topological polar surface area (TPSA) is 183 Å². The summed E-state index contributed by atoms with van der Waals surface area (Å²) in [6, 6.07) is 26.0. The van der Waals surface area contributed by atoms with Gasteiger partial charge in [-0.25, -0.2) is 0 Å². The Morgan fingerprint density at radius 1 is 0.706 bits per heavy atom. The summed E-state index contributed by atoms with van der Waals surface area (Å²) in [4.78, 5) is 80.8. The number of hydrogen-bond acceptors (Lipinski definition) is 6. The molecule has 4 aromatic carbocycles. The molecule has 0 radical (unpaired) electrons. The van der Waals surface area contributed by atoms with Crippen molar-refractivity contribution in [3.8, 4) is 0 Å². The third-order valence-corrected chi connectivity index (χ3v) is 8.87. The van der Waals surface area contributed by atoms with Crippen molar-refractivity contribution in [2.45, 2.75) is 50.6 Å². The molecular formula is C39H36ClN3O8. The monoisotopic (exact) mass is 709 g/mol. The summed E-state index contributed by atoms with van der Waals surface area (Å²) < 4.78 is 0. The molecule has 0 spiro atoms. The number of amides is 2. The van der Waals surface area contributed by atoms with Gasteiger partial charge in [0.2, 0.25) is 5.91 Å². The maximum absolute atomic E-state index is 14.1. The molecule has 0 unspecified atom stereocenters. The zero-order valence-corrected chi connectivity index (χ0v) is 28.2. The van der Waals surface area contributed by atoms with Gasteiger partial charge < -0.3 is 25.8 Å². The van der Waals surface area contributed by atoms with E-state index < -0.39 is 72.6 Å². The quantitative estimate of drug-likeness (QED) is 0.0835. The molecule has 2 amide bonds. The summed E-state index contributed by atoms with van der Waals surface area (Å²) in [5.41, 5.74) is 2.22. The molecule has 262 valence electrons. The maximum atomic E-state index is 14.1. The predicted octanol–water partition coefficient (Wildman–Crippen LogP) is 5.53. The number of hydrogen-bond donors (Lipinski definition) is 5. The summed E-state index contributed by atoms with van der Waals surface area (Å²) >= 11 is 6.12. The van der Waals surface area contributed by atoms with Gasteiger partial charge in [-0.15, -0.1) is 0 Å². The average molecular weight is 710 g/mol. The number of carbonyl (C=O) groups excluding carboxylic acids is 4. The molecule has 51 heavy (non-hydrogen) atoms. The molecule has 5 aromatic rings. The van der Waals surface area contributed by atoms with E-state index in [1.165, 1.54) is 0 Å². The van der Waals surface area contributed by atoms with Crippen LogP contribution in [0.1, 0.15) is 47.3 Å². The van der Waals surface area contributed by atoms with E-state index in [-0.39, 0.29) is 25.0 Å². The number of carboxylic acids is 2. The van der Waals surface area contributed by atoms with Gasteiger partial charge in [0.25, 0.3) is 5.91 Å². The second-order valence-electron chi connectivity index (χ2n) is 12.4. The van der Waals surface area contributed by atoms with Crippen LogP contribution in [0.3, 0.4) is 0 Å². The summed E-state index contributed by atoms with van der Waals surface area (Å²) in [5, 5.41) is 27.2. The van der Waals surface area contributed by atoms with Gasteiger partial charge in [0.1, 0.15) is 5.69 Å². The lowest BCUT2D eigenvalue weighted by molar-refractivity contribution is -0.142. The van der Waals surface area contributed by atoms with Gasteiger partial charge in [0, 0.05) is 41.6 Å². The van der Waals surface area contributed by atoms with Crippen molar-refractivity contribution >= 4 is 68.6 Å². The van der Waals surface area contributed by atoms with Crippen LogP contribution in [0.25, 0.3) is 21.7 Å². The highest BCUT2D eigenvalue weighted by molar-refractivity contribution is 6.31. The van der Waals surface area contributed by atoms with E-state index >= 15 is 0 Å². The largest absolute Gasteiger partial charge is 0.481 e. The van der Waals surface area contributed by atoms with Crippen molar-refractivity contribution in [1.29, 1.82) is 0 Å². The summed E-state index contributed by atoms with van der Waals surface area (Å²) in [7, 11) is 0. The molecular weight excluding hydrogens is 674 g/mol. The summed E-state index contributed by atoms with van der Waals surface area (Å²) in [5.74, 6) is -6.50. The number of Topliss-reactive ketones (excluding diaryl/α,β-unsaturated/α-hetero) is 2. The SMILES string of the molecule is O=C(O)CC[C@H](NC(=O)[C@H](CC(=O)O)CC(=O)[C@H](Cc1cccc2ccccc12)NC(=O)c1cc2cc(Cl)ccc2[nH]1)C(=O)Cc1ccccc1. The fourth-order valence-corrected chi connectivity index (χ4v) is 6.22. The minimum atomic E-state index is -1.42. The molecule has 1 heterocycles. The highest BCUT2D eigenvalue weighted by atomic mass is 35.5. The van der Waals surface area contributed by atoms with Crippen LogP contribution in [-0.2, 0) is 36.8 Å². The van der Waals surface area contributed by atoms with E-state index in [9.17, 15) is 39.0 Å². The van der Waals surface area contributed by atoms with Gasteiger partial charge in [-0.05, 0) is 52.6 Å². The molecule has 0 aliphatic carbocycles. The molecule has 0 fully saturated rings. The van der Waals surface area contributed by atoms with Crippen LogP contribution >= 0.6 is 11.6 Å². The number of fused-ring (bicyclic) bond motifs is 2. The van der Waals surface area contributed by atoms with Crippen LogP contribution in [0, 0.1) is 5.92 Å². The van der Waals surface area contributed by atoms with Gasteiger partial charge in [-0.3, -0.25) is 28.8 Å². The zero-order chi connectivity index (χ0) is 36.5. The van der Waals surface area contributed by atoms with Crippen LogP contribution < -0.4 is 10.6 Å². The number of aromatic amines is 1.